The Morgan fingerprint density at radius 1 is 1.50 bits per heavy atom. The zero-order valence-corrected chi connectivity index (χ0v) is 11.4. The third-order valence-corrected chi connectivity index (χ3v) is 3.42. The first kappa shape index (κ1) is 13.6. The van der Waals surface area contributed by atoms with Crippen molar-refractivity contribution in [3.05, 3.63) is 16.1 Å². The highest BCUT2D eigenvalue weighted by Gasteiger charge is 2.15. The molecule has 0 bridgehead atoms. The van der Waals surface area contributed by atoms with E-state index in [1.165, 1.54) is 5.01 Å². The molecule has 3 nitrogen and oxygen atoms in total. The summed E-state index contributed by atoms with van der Waals surface area (Å²) < 4.78 is 5.06. The van der Waals surface area contributed by atoms with Crippen LogP contribution in [-0.4, -0.2) is 25.2 Å². The van der Waals surface area contributed by atoms with Gasteiger partial charge in [-0.15, -0.1) is 11.3 Å². The Hall–Kier alpha value is -0.450. The summed E-state index contributed by atoms with van der Waals surface area (Å²) in [6, 6.07) is 0.369. The SMILES string of the molecule is COCCNC(CC(C)C)c1nc(C)cs1. The van der Waals surface area contributed by atoms with Crippen molar-refractivity contribution in [2.45, 2.75) is 33.2 Å². The van der Waals surface area contributed by atoms with Crippen molar-refractivity contribution in [2.75, 3.05) is 20.3 Å². The quantitative estimate of drug-likeness (QED) is 0.747. The van der Waals surface area contributed by atoms with Crippen molar-refractivity contribution in [3.8, 4) is 0 Å². The zero-order valence-electron chi connectivity index (χ0n) is 10.6. The van der Waals surface area contributed by atoms with E-state index in [-0.39, 0.29) is 0 Å². The summed E-state index contributed by atoms with van der Waals surface area (Å²) in [4.78, 5) is 4.56. The van der Waals surface area contributed by atoms with E-state index in [4.69, 9.17) is 4.74 Å². The highest BCUT2D eigenvalue weighted by atomic mass is 32.1. The van der Waals surface area contributed by atoms with Crippen molar-refractivity contribution >= 4 is 11.3 Å². The number of hydrogen-bond acceptors (Lipinski definition) is 4. The molecule has 0 saturated carbocycles. The predicted octanol–water partition coefficient (Wildman–Crippen LogP) is 2.77. The summed E-state index contributed by atoms with van der Waals surface area (Å²) in [6.45, 7) is 8.16. The fourth-order valence-corrected chi connectivity index (χ4v) is 2.49. The minimum Gasteiger partial charge on any atom is -0.383 e. The first-order valence-electron chi connectivity index (χ1n) is 5.77. The van der Waals surface area contributed by atoms with Gasteiger partial charge in [-0.05, 0) is 19.3 Å². The molecule has 1 unspecified atom stereocenters. The van der Waals surface area contributed by atoms with Gasteiger partial charge in [0.25, 0.3) is 0 Å². The number of thiazole rings is 1. The fraction of sp³-hybridized carbons (Fsp3) is 0.750. The monoisotopic (exact) mass is 242 g/mol. The van der Waals surface area contributed by atoms with Gasteiger partial charge in [0.1, 0.15) is 5.01 Å². The second-order valence-electron chi connectivity index (χ2n) is 4.46. The second-order valence-corrected chi connectivity index (χ2v) is 5.35. The number of aryl methyl sites for hydroxylation is 1. The number of aromatic nitrogens is 1. The maximum atomic E-state index is 5.06. The zero-order chi connectivity index (χ0) is 12.0. The highest BCUT2D eigenvalue weighted by molar-refractivity contribution is 7.09. The van der Waals surface area contributed by atoms with Gasteiger partial charge in [-0.2, -0.15) is 0 Å². The molecule has 92 valence electrons. The summed E-state index contributed by atoms with van der Waals surface area (Å²) in [5, 5.41) is 6.81. The summed E-state index contributed by atoms with van der Waals surface area (Å²) in [6.07, 6.45) is 1.12. The van der Waals surface area contributed by atoms with Crippen LogP contribution in [0.4, 0.5) is 0 Å². The molecule has 1 aromatic heterocycles. The van der Waals surface area contributed by atoms with Crippen molar-refractivity contribution in [2.24, 2.45) is 5.92 Å². The van der Waals surface area contributed by atoms with Crippen molar-refractivity contribution < 1.29 is 4.74 Å². The minimum atomic E-state index is 0.369. The first-order chi connectivity index (χ1) is 7.63. The molecule has 0 radical (unpaired) electrons. The lowest BCUT2D eigenvalue weighted by Crippen LogP contribution is -2.26. The number of hydrogen-bond donors (Lipinski definition) is 1. The Labute approximate surface area is 102 Å². The van der Waals surface area contributed by atoms with Gasteiger partial charge >= 0.3 is 0 Å². The molecule has 0 aliphatic heterocycles. The molecule has 0 spiro atoms. The first-order valence-corrected chi connectivity index (χ1v) is 6.65. The number of ether oxygens (including phenoxy) is 1. The molecule has 1 atom stereocenters. The molecule has 0 aromatic carbocycles. The third-order valence-electron chi connectivity index (χ3n) is 2.34. The van der Waals surface area contributed by atoms with Gasteiger partial charge in [0.2, 0.25) is 0 Å². The average molecular weight is 242 g/mol. The Bertz CT molecular complexity index is 299. The third kappa shape index (κ3) is 4.60. The van der Waals surface area contributed by atoms with Gasteiger partial charge < -0.3 is 10.1 Å². The normalized spacial score (nSPS) is 13.3. The van der Waals surface area contributed by atoms with Gasteiger partial charge in [-0.25, -0.2) is 4.98 Å². The fourth-order valence-electron chi connectivity index (χ4n) is 1.61. The van der Waals surface area contributed by atoms with E-state index in [9.17, 15) is 0 Å². The summed E-state index contributed by atoms with van der Waals surface area (Å²) in [7, 11) is 1.73. The van der Waals surface area contributed by atoms with E-state index in [2.05, 4.69) is 29.5 Å². The molecule has 1 rings (SSSR count). The van der Waals surface area contributed by atoms with Crippen LogP contribution in [0.1, 0.15) is 37.0 Å². The van der Waals surface area contributed by atoms with Crippen molar-refractivity contribution in [3.63, 3.8) is 0 Å². The van der Waals surface area contributed by atoms with Crippen LogP contribution in [0.15, 0.2) is 5.38 Å². The van der Waals surface area contributed by atoms with Crippen LogP contribution >= 0.6 is 11.3 Å². The summed E-state index contributed by atoms with van der Waals surface area (Å²) in [5.74, 6) is 0.671. The molecule has 1 aromatic rings. The van der Waals surface area contributed by atoms with Crippen molar-refractivity contribution in [1.82, 2.24) is 10.3 Å². The maximum absolute atomic E-state index is 5.06. The Morgan fingerprint density at radius 2 is 2.25 bits per heavy atom. The summed E-state index contributed by atoms with van der Waals surface area (Å²) in [5.41, 5.74) is 1.11. The van der Waals surface area contributed by atoms with Crippen LogP contribution in [0.5, 0.6) is 0 Å². The van der Waals surface area contributed by atoms with Crippen LogP contribution in [0.3, 0.4) is 0 Å². The predicted molar refractivity (Wildman–Crippen MR) is 68.9 cm³/mol. The van der Waals surface area contributed by atoms with Crippen LogP contribution < -0.4 is 5.32 Å². The highest BCUT2D eigenvalue weighted by Crippen LogP contribution is 2.24. The molecule has 0 saturated heterocycles. The molecule has 0 aliphatic carbocycles. The topological polar surface area (TPSA) is 34.1 Å². The van der Waals surface area contributed by atoms with E-state index >= 15 is 0 Å². The molecular formula is C12H22N2OS. The number of methoxy groups -OCH3 is 1. The Balaban J connectivity index is 2.56. The molecule has 4 heteroatoms. The lowest BCUT2D eigenvalue weighted by atomic mass is 10.0. The molecule has 1 N–H and O–H groups in total. The standard InChI is InChI=1S/C12H22N2OS/c1-9(2)7-11(13-5-6-15-4)12-14-10(3)8-16-12/h8-9,11,13H,5-7H2,1-4H3. The van der Waals surface area contributed by atoms with Gasteiger partial charge in [-0.1, -0.05) is 13.8 Å². The molecular weight excluding hydrogens is 220 g/mol. The largest absolute Gasteiger partial charge is 0.383 e. The molecule has 0 fully saturated rings. The lowest BCUT2D eigenvalue weighted by molar-refractivity contribution is 0.194. The number of rotatable bonds is 7. The average Bonchev–Trinajstić information content (AvgIpc) is 2.63. The maximum Gasteiger partial charge on any atom is 0.110 e. The van der Waals surface area contributed by atoms with Gasteiger partial charge in [0.05, 0.1) is 12.6 Å². The second kappa shape index (κ2) is 6.99. The Morgan fingerprint density at radius 3 is 2.75 bits per heavy atom. The van der Waals surface area contributed by atoms with Gasteiger partial charge in [-0.3, -0.25) is 0 Å². The van der Waals surface area contributed by atoms with Crippen LogP contribution in [0, 0.1) is 12.8 Å². The van der Waals surface area contributed by atoms with E-state index in [0.29, 0.717) is 12.0 Å². The lowest BCUT2D eigenvalue weighted by Gasteiger charge is -2.18. The molecule has 0 aliphatic rings. The van der Waals surface area contributed by atoms with Gasteiger partial charge in [0.15, 0.2) is 0 Å². The van der Waals surface area contributed by atoms with E-state index < -0.39 is 0 Å². The number of nitrogens with zero attached hydrogens (tertiary/aromatic N) is 1. The van der Waals surface area contributed by atoms with Gasteiger partial charge in [0, 0.05) is 24.7 Å². The minimum absolute atomic E-state index is 0.369. The molecule has 16 heavy (non-hydrogen) atoms. The Kier molecular flexibility index (Phi) is 5.95. The summed E-state index contributed by atoms with van der Waals surface area (Å²) >= 11 is 1.74. The van der Waals surface area contributed by atoms with Crippen LogP contribution in [-0.2, 0) is 4.74 Å². The number of nitrogens with one attached hydrogen (secondary N) is 1. The van der Waals surface area contributed by atoms with Crippen molar-refractivity contribution in [1.29, 1.82) is 0 Å². The molecule has 0 amide bonds. The molecule has 1 heterocycles. The smallest absolute Gasteiger partial charge is 0.110 e. The van der Waals surface area contributed by atoms with Crippen LogP contribution in [0.2, 0.25) is 0 Å². The van der Waals surface area contributed by atoms with Crippen LogP contribution in [0.25, 0.3) is 0 Å². The van der Waals surface area contributed by atoms with E-state index in [0.717, 1.165) is 25.3 Å². The van der Waals surface area contributed by atoms with E-state index in [1.54, 1.807) is 18.4 Å². The van der Waals surface area contributed by atoms with E-state index in [1.807, 2.05) is 6.92 Å².